The van der Waals surface area contributed by atoms with Gasteiger partial charge in [-0.05, 0) is 30.7 Å². The van der Waals surface area contributed by atoms with Crippen molar-refractivity contribution in [2.24, 2.45) is 0 Å². The number of aryl methyl sites for hydroxylation is 1. The fraction of sp³-hybridized carbons (Fsp3) is 0.154. The van der Waals surface area contributed by atoms with Gasteiger partial charge in [0.1, 0.15) is 5.82 Å². The van der Waals surface area contributed by atoms with Gasteiger partial charge in [-0.3, -0.25) is 0 Å². The zero-order valence-corrected chi connectivity index (χ0v) is 12.7. The van der Waals surface area contributed by atoms with Crippen LogP contribution in [0.4, 0.5) is 17.3 Å². The number of pyridine rings is 1. The molecule has 1 aromatic heterocycles. The molecule has 0 fully saturated rings. The van der Waals surface area contributed by atoms with Gasteiger partial charge in [-0.2, -0.15) is 0 Å². The molecule has 0 aliphatic carbocycles. The molecule has 6 heteroatoms. The number of aromatic nitrogens is 1. The third kappa shape index (κ3) is 3.24. The molecule has 100 valence electrons. The molecule has 1 aromatic carbocycles. The lowest BCUT2D eigenvalue weighted by atomic mass is 10.2. The largest absolute Gasteiger partial charge is 0.372 e. The fourth-order valence-corrected chi connectivity index (χ4v) is 2.36. The molecule has 0 unspecified atom stereocenters. The predicted octanol–water partition coefficient (Wildman–Crippen LogP) is 5.14. The van der Waals surface area contributed by atoms with Crippen molar-refractivity contribution in [3.8, 4) is 0 Å². The van der Waals surface area contributed by atoms with Crippen LogP contribution in [0.2, 0.25) is 15.1 Å². The highest BCUT2D eigenvalue weighted by atomic mass is 35.5. The molecule has 0 amide bonds. The molecule has 0 saturated heterocycles. The predicted molar refractivity (Wildman–Crippen MR) is 83.3 cm³/mol. The molecule has 0 saturated carbocycles. The second kappa shape index (κ2) is 5.87. The second-order valence-electron chi connectivity index (χ2n) is 4.01. The number of hydrogen-bond acceptors (Lipinski definition) is 3. The van der Waals surface area contributed by atoms with Crippen molar-refractivity contribution in [3.63, 3.8) is 0 Å². The maximum absolute atomic E-state index is 6.16. The van der Waals surface area contributed by atoms with E-state index in [0.717, 1.165) is 11.3 Å². The average Bonchev–Trinajstić information content (AvgIpc) is 2.35. The minimum absolute atomic E-state index is 0.431. The van der Waals surface area contributed by atoms with Crippen LogP contribution in [-0.2, 0) is 0 Å². The number of nitrogens with zero attached hydrogens (tertiary/aromatic N) is 1. The Morgan fingerprint density at radius 1 is 0.947 bits per heavy atom. The molecular weight excluding hydrogens is 305 g/mol. The molecule has 0 aliphatic rings. The lowest BCUT2D eigenvalue weighted by molar-refractivity contribution is 1.27. The van der Waals surface area contributed by atoms with E-state index < -0.39 is 0 Å². The van der Waals surface area contributed by atoms with E-state index in [-0.39, 0.29) is 0 Å². The highest BCUT2D eigenvalue weighted by Crippen LogP contribution is 2.33. The van der Waals surface area contributed by atoms with Gasteiger partial charge in [-0.15, -0.1) is 0 Å². The average molecular weight is 317 g/mol. The molecule has 0 bridgehead atoms. The zero-order valence-electron chi connectivity index (χ0n) is 10.4. The second-order valence-corrected chi connectivity index (χ2v) is 5.23. The van der Waals surface area contributed by atoms with Gasteiger partial charge in [0, 0.05) is 7.05 Å². The summed E-state index contributed by atoms with van der Waals surface area (Å²) < 4.78 is 0. The number of halogens is 3. The monoisotopic (exact) mass is 315 g/mol. The Labute approximate surface area is 126 Å². The molecule has 2 rings (SSSR count). The van der Waals surface area contributed by atoms with Crippen LogP contribution in [0.15, 0.2) is 24.3 Å². The summed E-state index contributed by atoms with van der Waals surface area (Å²) in [6.07, 6.45) is 0. The summed E-state index contributed by atoms with van der Waals surface area (Å²) >= 11 is 18.3. The van der Waals surface area contributed by atoms with Crippen molar-refractivity contribution in [1.29, 1.82) is 0 Å². The van der Waals surface area contributed by atoms with E-state index in [9.17, 15) is 0 Å². The SMILES string of the molecule is CNc1nc(Nc2ccc(C)cc2Cl)c(Cl)cc1Cl. The van der Waals surface area contributed by atoms with Crippen molar-refractivity contribution in [2.45, 2.75) is 6.92 Å². The molecule has 2 aromatic rings. The molecule has 0 radical (unpaired) electrons. The molecular formula is C13H12Cl3N3. The van der Waals surface area contributed by atoms with Crippen LogP contribution in [0.3, 0.4) is 0 Å². The maximum Gasteiger partial charge on any atom is 0.151 e. The zero-order chi connectivity index (χ0) is 14.0. The van der Waals surface area contributed by atoms with E-state index in [1.807, 2.05) is 25.1 Å². The Bertz CT molecular complexity index is 614. The standard InChI is InChI=1S/C13H12Cl3N3/c1-7-3-4-11(8(14)5-7)18-13-10(16)6-9(15)12(17-2)19-13/h3-6H,1-2H3,(H2,17,18,19). The van der Waals surface area contributed by atoms with Crippen molar-refractivity contribution in [3.05, 3.63) is 44.9 Å². The number of hydrogen-bond donors (Lipinski definition) is 2. The fourth-order valence-electron chi connectivity index (χ4n) is 1.58. The normalized spacial score (nSPS) is 10.4. The van der Waals surface area contributed by atoms with Crippen LogP contribution in [0.25, 0.3) is 0 Å². The van der Waals surface area contributed by atoms with Crippen LogP contribution in [0.1, 0.15) is 5.56 Å². The first-order chi connectivity index (χ1) is 9.01. The van der Waals surface area contributed by atoms with Crippen LogP contribution >= 0.6 is 34.8 Å². The van der Waals surface area contributed by atoms with Gasteiger partial charge < -0.3 is 10.6 Å². The van der Waals surface area contributed by atoms with Crippen LogP contribution in [-0.4, -0.2) is 12.0 Å². The van der Waals surface area contributed by atoms with E-state index >= 15 is 0 Å². The quantitative estimate of drug-likeness (QED) is 0.823. The van der Waals surface area contributed by atoms with Gasteiger partial charge in [0.25, 0.3) is 0 Å². The topological polar surface area (TPSA) is 37.0 Å². The van der Waals surface area contributed by atoms with Crippen molar-refractivity contribution >= 4 is 52.1 Å². The Morgan fingerprint density at radius 2 is 1.63 bits per heavy atom. The van der Waals surface area contributed by atoms with E-state index in [0.29, 0.717) is 26.7 Å². The third-order valence-corrected chi connectivity index (χ3v) is 3.43. The lowest BCUT2D eigenvalue weighted by Gasteiger charge is -2.12. The summed E-state index contributed by atoms with van der Waals surface area (Å²) in [6.45, 7) is 1.97. The number of benzene rings is 1. The summed E-state index contributed by atoms with van der Waals surface area (Å²) in [5, 5.41) is 7.50. The smallest absolute Gasteiger partial charge is 0.151 e. The van der Waals surface area contributed by atoms with Crippen LogP contribution in [0, 0.1) is 6.92 Å². The molecule has 0 spiro atoms. The lowest BCUT2D eigenvalue weighted by Crippen LogP contribution is -2.00. The highest BCUT2D eigenvalue weighted by molar-refractivity contribution is 6.37. The minimum Gasteiger partial charge on any atom is -0.372 e. The first-order valence-corrected chi connectivity index (χ1v) is 6.71. The van der Waals surface area contributed by atoms with Gasteiger partial charge in [0.05, 0.1) is 20.8 Å². The van der Waals surface area contributed by atoms with Gasteiger partial charge >= 0.3 is 0 Å². The van der Waals surface area contributed by atoms with E-state index in [4.69, 9.17) is 34.8 Å². The van der Waals surface area contributed by atoms with E-state index in [1.165, 1.54) is 0 Å². The molecule has 19 heavy (non-hydrogen) atoms. The molecule has 3 nitrogen and oxygen atoms in total. The first kappa shape index (κ1) is 14.3. The van der Waals surface area contributed by atoms with Gasteiger partial charge in [0.2, 0.25) is 0 Å². The van der Waals surface area contributed by atoms with Crippen molar-refractivity contribution in [1.82, 2.24) is 4.98 Å². The summed E-state index contributed by atoms with van der Waals surface area (Å²) in [5.74, 6) is 1.05. The van der Waals surface area contributed by atoms with Gasteiger partial charge in [-0.25, -0.2) is 4.98 Å². The summed E-state index contributed by atoms with van der Waals surface area (Å²) in [7, 11) is 1.74. The summed E-state index contributed by atoms with van der Waals surface area (Å²) in [5.41, 5.74) is 1.83. The Kier molecular flexibility index (Phi) is 4.40. The van der Waals surface area contributed by atoms with Crippen molar-refractivity contribution in [2.75, 3.05) is 17.7 Å². The van der Waals surface area contributed by atoms with Crippen LogP contribution in [0.5, 0.6) is 0 Å². The van der Waals surface area contributed by atoms with E-state index in [1.54, 1.807) is 13.1 Å². The van der Waals surface area contributed by atoms with E-state index in [2.05, 4.69) is 15.6 Å². The molecule has 0 atom stereocenters. The first-order valence-electron chi connectivity index (χ1n) is 5.58. The molecule has 2 N–H and O–H groups in total. The van der Waals surface area contributed by atoms with Gasteiger partial charge in [-0.1, -0.05) is 40.9 Å². The Morgan fingerprint density at radius 3 is 2.26 bits per heavy atom. The summed E-state index contributed by atoms with van der Waals surface area (Å²) in [6, 6.07) is 7.33. The number of nitrogens with one attached hydrogen (secondary N) is 2. The molecule has 1 heterocycles. The third-order valence-electron chi connectivity index (χ3n) is 2.54. The summed E-state index contributed by atoms with van der Waals surface area (Å²) in [4.78, 5) is 4.30. The Balaban J connectivity index is 2.37. The molecule has 0 aliphatic heterocycles. The van der Waals surface area contributed by atoms with Crippen LogP contribution < -0.4 is 10.6 Å². The van der Waals surface area contributed by atoms with Gasteiger partial charge in [0.15, 0.2) is 5.82 Å². The maximum atomic E-state index is 6.16. The minimum atomic E-state index is 0.431. The Hall–Kier alpha value is -1.16. The number of anilines is 3. The number of rotatable bonds is 3. The van der Waals surface area contributed by atoms with Crippen molar-refractivity contribution < 1.29 is 0 Å². The highest BCUT2D eigenvalue weighted by Gasteiger charge is 2.10.